The minimum Gasteiger partial charge on any atom is -0.366 e. The van der Waals surface area contributed by atoms with Crippen molar-refractivity contribution in [1.29, 1.82) is 0 Å². The van der Waals surface area contributed by atoms with Crippen molar-refractivity contribution in [2.45, 2.75) is 64.6 Å². The molecule has 1 N–H and O–H groups in total. The Bertz CT molecular complexity index is 179. The van der Waals surface area contributed by atoms with Gasteiger partial charge in [-0.3, -0.25) is 0 Å². The molecule has 84 valence electrons. The molecule has 14 heavy (non-hydrogen) atoms. The van der Waals surface area contributed by atoms with Crippen LogP contribution in [0.2, 0.25) is 0 Å². The summed E-state index contributed by atoms with van der Waals surface area (Å²) in [5.41, 5.74) is 0.140. The van der Waals surface area contributed by atoms with Crippen LogP contribution in [0, 0.1) is 0 Å². The van der Waals surface area contributed by atoms with E-state index in [4.69, 9.17) is 4.74 Å². The minimum absolute atomic E-state index is 0.0451. The molecule has 2 heteroatoms. The zero-order valence-corrected chi connectivity index (χ0v) is 10.2. The average Bonchev–Trinajstić information content (AvgIpc) is 2.18. The lowest BCUT2D eigenvalue weighted by molar-refractivity contribution is -0.176. The minimum atomic E-state index is 0.0451. The van der Waals surface area contributed by atoms with Crippen LogP contribution in [0.4, 0.5) is 0 Å². The van der Waals surface area contributed by atoms with E-state index in [-0.39, 0.29) is 11.2 Å². The van der Waals surface area contributed by atoms with Crippen LogP contribution in [0.25, 0.3) is 0 Å². The highest BCUT2D eigenvalue weighted by molar-refractivity contribution is 4.93. The third kappa shape index (κ3) is 2.48. The summed E-state index contributed by atoms with van der Waals surface area (Å²) in [7, 11) is 0. The topological polar surface area (TPSA) is 21.3 Å². The van der Waals surface area contributed by atoms with Gasteiger partial charge in [-0.05, 0) is 26.2 Å². The molecule has 0 aliphatic carbocycles. The zero-order valence-electron chi connectivity index (χ0n) is 10.2. The molecule has 0 saturated carbocycles. The molecule has 1 fully saturated rings. The molecule has 2 nitrogen and oxygen atoms in total. The Labute approximate surface area is 88.4 Å². The van der Waals surface area contributed by atoms with Gasteiger partial charge in [-0.25, -0.2) is 0 Å². The van der Waals surface area contributed by atoms with E-state index in [2.05, 4.69) is 33.0 Å². The van der Waals surface area contributed by atoms with E-state index in [0.717, 1.165) is 25.9 Å². The van der Waals surface area contributed by atoms with Gasteiger partial charge < -0.3 is 10.1 Å². The maximum Gasteiger partial charge on any atom is 0.0811 e. The van der Waals surface area contributed by atoms with Crippen LogP contribution >= 0.6 is 0 Å². The molecule has 2 atom stereocenters. The van der Waals surface area contributed by atoms with E-state index < -0.39 is 0 Å². The number of rotatable bonds is 4. The maximum atomic E-state index is 6.34. The third-order valence-electron chi connectivity index (χ3n) is 3.51. The van der Waals surface area contributed by atoms with Crippen LogP contribution in [-0.2, 0) is 4.74 Å². The van der Waals surface area contributed by atoms with Gasteiger partial charge in [-0.2, -0.15) is 0 Å². The van der Waals surface area contributed by atoms with Gasteiger partial charge >= 0.3 is 0 Å². The van der Waals surface area contributed by atoms with Gasteiger partial charge in [0.15, 0.2) is 0 Å². The summed E-state index contributed by atoms with van der Waals surface area (Å²) >= 11 is 0. The molecule has 0 aromatic carbocycles. The summed E-state index contributed by atoms with van der Waals surface area (Å²) in [6, 6.07) is 0. The van der Waals surface area contributed by atoms with Crippen LogP contribution in [0.15, 0.2) is 0 Å². The molecule has 1 heterocycles. The smallest absolute Gasteiger partial charge is 0.0811 e. The van der Waals surface area contributed by atoms with Crippen LogP contribution in [-0.4, -0.2) is 24.3 Å². The Morgan fingerprint density at radius 2 is 1.86 bits per heavy atom. The van der Waals surface area contributed by atoms with Gasteiger partial charge in [-0.1, -0.05) is 27.2 Å². The van der Waals surface area contributed by atoms with E-state index in [9.17, 15) is 0 Å². The van der Waals surface area contributed by atoms with Crippen molar-refractivity contribution in [3.05, 3.63) is 0 Å². The monoisotopic (exact) mass is 199 g/mol. The molecule has 2 unspecified atom stereocenters. The number of morpholine rings is 1. The van der Waals surface area contributed by atoms with Gasteiger partial charge in [0.1, 0.15) is 0 Å². The fourth-order valence-electron chi connectivity index (χ4n) is 2.32. The van der Waals surface area contributed by atoms with Gasteiger partial charge in [0.25, 0.3) is 0 Å². The van der Waals surface area contributed by atoms with Crippen molar-refractivity contribution in [2.75, 3.05) is 13.1 Å². The largest absolute Gasteiger partial charge is 0.366 e. The Hall–Kier alpha value is -0.0800. The summed E-state index contributed by atoms with van der Waals surface area (Å²) < 4.78 is 6.34. The summed E-state index contributed by atoms with van der Waals surface area (Å²) in [4.78, 5) is 0. The Kier molecular flexibility index (Phi) is 3.96. The second-order valence-corrected chi connectivity index (χ2v) is 4.80. The molecule has 1 aliphatic rings. The fourth-order valence-corrected chi connectivity index (χ4v) is 2.32. The first kappa shape index (κ1) is 12.0. The Morgan fingerprint density at radius 3 is 2.36 bits per heavy atom. The zero-order chi connectivity index (χ0) is 10.7. The lowest BCUT2D eigenvalue weighted by Crippen LogP contribution is -2.58. The Morgan fingerprint density at radius 1 is 1.14 bits per heavy atom. The van der Waals surface area contributed by atoms with Crippen LogP contribution < -0.4 is 5.32 Å². The van der Waals surface area contributed by atoms with Crippen molar-refractivity contribution in [2.24, 2.45) is 0 Å². The van der Waals surface area contributed by atoms with E-state index in [1.165, 1.54) is 12.8 Å². The fraction of sp³-hybridized carbons (Fsp3) is 1.00. The first-order valence-electron chi connectivity index (χ1n) is 6.00. The maximum absolute atomic E-state index is 6.34. The van der Waals surface area contributed by atoms with Crippen molar-refractivity contribution in [3.8, 4) is 0 Å². The molecule has 1 rings (SSSR count). The molecule has 1 saturated heterocycles. The number of hydrogen-bond donors (Lipinski definition) is 1. The molecule has 0 aromatic rings. The van der Waals surface area contributed by atoms with Crippen molar-refractivity contribution >= 4 is 0 Å². The summed E-state index contributed by atoms with van der Waals surface area (Å²) in [5, 5.41) is 3.53. The van der Waals surface area contributed by atoms with Crippen molar-refractivity contribution < 1.29 is 4.74 Å². The molecule has 0 spiro atoms. The number of hydrogen-bond acceptors (Lipinski definition) is 2. The predicted octanol–water partition coefficient (Wildman–Crippen LogP) is 2.72. The average molecular weight is 199 g/mol. The predicted molar refractivity (Wildman–Crippen MR) is 60.6 cm³/mol. The lowest BCUT2D eigenvalue weighted by Gasteiger charge is -2.47. The van der Waals surface area contributed by atoms with Crippen molar-refractivity contribution in [1.82, 2.24) is 5.32 Å². The first-order valence-corrected chi connectivity index (χ1v) is 6.00. The number of ether oxygens (including phenoxy) is 1. The highest BCUT2D eigenvalue weighted by Crippen LogP contribution is 2.32. The van der Waals surface area contributed by atoms with Gasteiger partial charge in [0.05, 0.1) is 11.2 Å². The SMILES string of the molecule is CCCC1(CC)CNCC(C)(CC)O1. The number of nitrogens with one attached hydrogen (secondary N) is 1. The lowest BCUT2D eigenvalue weighted by atomic mass is 9.89. The van der Waals surface area contributed by atoms with Crippen LogP contribution in [0.3, 0.4) is 0 Å². The second-order valence-electron chi connectivity index (χ2n) is 4.80. The molecule has 0 bridgehead atoms. The van der Waals surface area contributed by atoms with E-state index in [1.54, 1.807) is 0 Å². The molecular formula is C12H25NO. The highest BCUT2D eigenvalue weighted by atomic mass is 16.5. The summed E-state index contributed by atoms with van der Waals surface area (Å²) in [5.74, 6) is 0. The summed E-state index contributed by atoms with van der Waals surface area (Å²) in [6.07, 6.45) is 4.58. The van der Waals surface area contributed by atoms with Crippen LogP contribution in [0.5, 0.6) is 0 Å². The normalized spacial score (nSPS) is 38.6. The van der Waals surface area contributed by atoms with Gasteiger partial charge in [0, 0.05) is 13.1 Å². The van der Waals surface area contributed by atoms with E-state index >= 15 is 0 Å². The Balaban J connectivity index is 2.68. The van der Waals surface area contributed by atoms with E-state index in [0.29, 0.717) is 0 Å². The molecule has 0 aromatic heterocycles. The third-order valence-corrected chi connectivity index (χ3v) is 3.51. The van der Waals surface area contributed by atoms with Gasteiger partial charge in [0.2, 0.25) is 0 Å². The van der Waals surface area contributed by atoms with Crippen molar-refractivity contribution in [3.63, 3.8) is 0 Å². The quantitative estimate of drug-likeness (QED) is 0.751. The van der Waals surface area contributed by atoms with Gasteiger partial charge in [-0.15, -0.1) is 0 Å². The summed E-state index contributed by atoms with van der Waals surface area (Å²) in [6.45, 7) is 10.9. The second kappa shape index (κ2) is 4.63. The molecule has 0 radical (unpaired) electrons. The molecule has 0 amide bonds. The first-order chi connectivity index (χ1) is 6.60. The highest BCUT2D eigenvalue weighted by Gasteiger charge is 2.40. The molecular weight excluding hydrogens is 174 g/mol. The molecule has 1 aliphatic heterocycles. The van der Waals surface area contributed by atoms with E-state index in [1.807, 2.05) is 0 Å². The standard InChI is InChI=1S/C12H25NO/c1-5-8-12(7-3)10-13-9-11(4,6-2)14-12/h13H,5-10H2,1-4H3. The van der Waals surface area contributed by atoms with Crippen LogP contribution in [0.1, 0.15) is 53.4 Å².